The van der Waals surface area contributed by atoms with E-state index in [1.807, 2.05) is 11.6 Å². The maximum Gasteiger partial charge on any atom is 0.416 e. The molecule has 0 saturated carbocycles. The predicted octanol–water partition coefficient (Wildman–Crippen LogP) is 3.35. The minimum atomic E-state index is -4.29. The molecule has 1 atom stereocenters. The van der Waals surface area contributed by atoms with Crippen molar-refractivity contribution in [3.8, 4) is 0 Å². The quantitative estimate of drug-likeness (QED) is 0.397. The number of alkyl halides is 3. The van der Waals surface area contributed by atoms with Crippen molar-refractivity contribution in [1.82, 2.24) is 25.3 Å². The minimum absolute atomic E-state index is 0.261. The van der Waals surface area contributed by atoms with Crippen LogP contribution in [0.4, 0.5) is 13.2 Å². The van der Waals surface area contributed by atoms with E-state index in [1.165, 1.54) is 5.69 Å². The van der Waals surface area contributed by atoms with Gasteiger partial charge in [0.15, 0.2) is 5.96 Å². The fourth-order valence-corrected chi connectivity index (χ4v) is 3.88. The monoisotopic (exact) mass is 436 g/mol. The molecule has 0 bridgehead atoms. The molecule has 2 N–H and O–H groups in total. The van der Waals surface area contributed by atoms with Gasteiger partial charge in [0.25, 0.3) is 0 Å². The Morgan fingerprint density at radius 3 is 2.58 bits per heavy atom. The molecule has 170 valence electrons. The van der Waals surface area contributed by atoms with Crippen LogP contribution in [-0.4, -0.2) is 53.4 Å². The molecule has 0 radical (unpaired) electrons. The van der Waals surface area contributed by atoms with Gasteiger partial charge in [-0.1, -0.05) is 12.1 Å². The smallest absolute Gasteiger partial charge is 0.356 e. The van der Waals surface area contributed by atoms with E-state index >= 15 is 0 Å². The summed E-state index contributed by atoms with van der Waals surface area (Å²) in [4.78, 5) is 6.55. The molecular formula is C22H31F3N6. The third-order valence-corrected chi connectivity index (χ3v) is 5.47. The number of hydrogen-bond donors (Lipinski definition) is 2. The molecule has 1 aliphatic heterocycles. The Morgan fingerprint density at radius 2 is 1.97 bits per heavy atom. The van der Waals surface area contributed by atoms with Crippen molar-refractivity contribution in [3.63, 3.8) is 0 Å². The van der Waals surface area contributed by atoms with Crippen LogP contribution < -0.4 is 10.6 Å². The summed E-state index contributed by atoms with van der Waals surface area (Å²) in [6, 6.07) is 7.76. The van der Waals surface area contributed by atoms with E-state index in [1.54, 1.807) is 19.2 Å². The fraction of sp³-hybridized carbons (Fsp3) is 0.545. The Bertz CT molecular complexity index is 872. The first kappa shape index (κ1) is 23.1. The summed E-state index contributed by atoms with van der Waals surface area (Å²) in [6.07, 6.45) is -2.39. The molecule has 9 heteroatoms. The van der Waals surface area contributed by atoms with Gasteiger partial charge in [0.05, 0.1) is 11.3 Å². The van der Waals surface area contributed by atoms with Crippen LogP contribution >= 0.6 is 0 Å². The van der Waals surface area contributed by atoms with E-state index in [0.29, 0.717) is 6.54 Å². The molecule has 1 unspecified atom stereocenters. The maximum absolute atomic E-state index is 12.7. The molecular weight excluding hydrogens is 405 g/mol. The summed E-state index contributed by atoms with van der Waals surface area (Å²) in [7, 11) is 1.76. The van der Waals surface area contributed by atoms with Crippen LogP contribution in [-0.2, 0) is 19.3 Å². The first-order valence-electron chi connectivity index (χ1n) is 10.6. The highest BCUT2D eigenvalue weighted by molar-refractivity contribution is 5.79. The van der Waals surface area contributed by atoms with E-state index < -0.39 is 11.7 Å². The van der Waals surface area contributed by atoms with Crippen LogP contribution in [0.25, 0.3) is 0 Å². The minimum Gasteiger partial charge on any atom is -0.356 e. The van der Waals surface area contributed by atoms with Gasteiger partial charge in [0.1, 0.15) is 0 Å². The molecule has 1 saturated heterocycles. The van der Waals surface area contributed by atoms with Gasteiger partial charge in [-0.15, -0.1) is 0 Å². The number of guanidine groups is 1. The number of benzene rings is 1. The van der Waals surface area contributed by atoms with Crippen molar-refractivity contribution in [2.24, 2.45) is 4.99 Å². The van der Waals surface area contributed by atoms with Gasteiger partial charge < -0.3 is 10.6 Å². The third kappa shape index (κ3) is 6.72. The summed E-state index contributed by atoms with van der Waals surface area (Å²) < 4.78 is 40.1. The number of aryl methyl sites for hydroxylation is 3. The molecule has 1 aliphatic rings. The molecule has 31 heavy (non-hydrogen) atoms. The number of likely N-dealkylation sites (tertiary alicyclic amines) is 1. The maximum atomic E-state index is 12.7. The highest BCUT2D eigenvalue weighted by Gasteiger charge is 2.30. The van der Waals surface area contributed by atoms with E-state index in [9.17, 15) is 13.2 Å². The van der Waals surface area contributed by atoms with E-state index in [0.717, 1.165) is 68.4 Å². The van der Waals surface area contributed by atoms with Crippen LogP contribution in [0.15, 0.2) is 35.3 Å². The first-order chi connectivity index (χ1) is 14.7. The standard InChI is InChI=1S/C22H31F3N6/c1-16-13-17(2)31(29-16)11-4-10-27-21(26-3)28-20-9-12-30(15-20)14-18-5-7-19(8-6-18)22(23,24)25/h5-8,13,20H,4,9-12,14-15H2,1-3H3,(H2,26,27,28). The van der Waals surface area contributed by atoms with Gasteiger partial charge in [-0.2, -0.15) is 18.3 Å². The van der Waals surface area contributed by atoms with Gasteiger partial charge >= 0.3 is 6.18 Å². The normalized spacial score (nSPS) is 17.9. The Morgan fingerprint density at radius 1 is 1.23 bits per heavy atom. The van der Waals surface area contributed by atoms with Crippen LogP contribution in [0.3, 0.4) is 0 Å². The average Bonchev–Trinajstić information content (AvgIpc) is 3.29. The van der Waals surface area contributed by atoms with E-state index in [-0.39, 0.29) is 6.04 Å². The Labute approximate surface area is 181 Å². The number of aromatic nitrogens is 2. The number of nitrogens with zero attached hydrogens (tertiary/aromatic N) is 4. The number of hydrogen-bond acceptors (Lipinski definition) is 3. The van der Waals surface area contributed by atoms with Crippen LogP contribution in [0, 0.1) is 13.8 Å². The molecule has 0 amide bonds. The highest BCUT2D eigenvalue weighted by atomic mass is 19.4. The molecule has 6 nitrogen and oxygen atoms in total. The van der Waals surface area contributed by atoms with Crippen molar-refractivity contribution in [2.45, 2.75) is 52.0 Å². The number of halogens is 3. The molecule has 2 aromatic rings. The SMILES string of the molecule is CN=C(NCCCn1nc(C)cc1C)NC1CCN(Cc2ccc(C(F)(F)F)cc2)C1. The molecule has 2 heterocycles. The molecule has 1 aromatic carbocycles. The second-order valence-electron chi connectivity index (χ2n) is 8.06. The van der Waals surface area contributed by atoms with Crippen molar-refractivity contribution in [3.05, 3.63) is 52.8 Å². The van der Waals surface area contributed by atoms with Crippen molar-refractivity contribution in [2.75, 3.05) is 26.7 Å². The Hall–Kier alpha value is -2.55. The summed E-state index contributed by atoms with van der Waals surface area (Å²) >= 11 is 0. The third-order valence-electron chi connectivity index (χ3n) is 5.47. The molecule has 1 aromatic heterocycles. The second kappa shape index (κ2) is 10.2. The summed E-state index contributed by atoms with van der Waals surface area (Å²) in [6.45, 7) is 8.07. The largest absolute Gasteiger partial charge is 0.416 e. The van der Waals surface area contributed by atoms with Gasteiger partial charge in [-0.3, -0.25) is 14.6 Å². The zero-order chi connectivity index (χ0) is 22.4. The lowest BCUT2D eigenvalue weighted by Gasteiger charge is -2.19. The van der Waals surface area contributed by atoms with E-state index in [2.05, 4.69) is 38.6 Å². The van der Waals surface area contributed by atoms with Gasteiger partial charge in [-0.05, 0) is 50.5 Å². The zero-order valence-electron chi connectivity index (χ0n) is 18.3. The lowest BCUT2D eigenvalue weighted by molar-refractivity contribution is -0.137. The van der Waals surface area contributed by atoms with Crippen LogP contribution in [0.2, 0.25) is 0 Å². The summed E-state index contributed by atoms with van der Waals surface area (Å²) in [5, 5.41) is 11.3. The number of nitrogens with one attached hydrogen (secondary N) is 2. The average molecular weight is 437 g/mol. The molecule has 1 fully saturated rings. The van der Waals surface area contributed by atoms with Crippen molar-refractivity contribution >= 4 is 5.96 Å². The van der Waals surface area contributed by atoms with Gasteiger partial charge in [0, 0.05) is 51.5 Å². The van der Waals surface area contributed by atoms with E-state index in [4.69, 9.17) is 0 Å². The van der Waals surface area contributed by atoms with Crippen LogP contribution in [0.1, 0.15) is 35.4 Å². The Balaban J connectivity index is 1.39. The van der Waals surface area contributed by atoms with Gasteiger partial charge in [-0.25, -0.2) is 0 Å². The lowest BCUT2D eigenvalue weighted by Crippen LogP contribution is -2.44. The summed E-state index contributed by atoms with van der Waals surface area (Å²) in [5.74, 6) is 0.773. The fourth-order valence-electron chi connectivity index (χ4n) is 3.88. The molecule has 0 aliphatic carbocycles. The van der Waals surface area contributed by atoms with Gasteiger partial charge in [0.2, 0.25) is 0 Å². The Kier molecular flexibility index (Phi) is 7.59. The van der Waals surface area contributed by atoms with Crippen molar-refractivity contribution < 1.29 is 13.2 Å². The number of aliphatic imine (C=N–C) groups is 1. The van der Waals surface area contributed by atoms with Crippen molar-refractivity contribution in [1.29, 1.82) is 0 Å². The second-order valence-corrected chi connectivity index (χ2v) is 8.06. The summed E-state index contributed by atoms with van der Waals surface area (Å²) in [5.41, 5.74) is 2.48. The first-order valence-corrected chi connectivity index (χ1v) is 10.6. The van der Waals surface area contributed by atoms with Crippen LogP contribution in [0.5, 0.6) is 0 Å². The molecule has 3 rings (SSSR count). The topological polar surface area (TPSA) is 57.5 Å². The lowest BCUT2D eigenvalue weighted by atomic mass is 10.1. The number of rotatable bonds is 7. The highest BCUT2D eigenvalue weighted by Crippen LogP contribution is 2.29. The molecule has 0 spiro atoms. The predicted molar refractivity (Wildman–Crippen MR) is 116 cm³/mol. The zero-order valence-corrected chi connectivity index (χ0v) is 18.3.